The summed E-state index contributed by atoms with van der Waals surface area (Å²) in [7, 11) is -3.18. The molecule has 0 aliphatic heterocycles. The van der Waals surface area contributed by atoms with E-state index in [-0.39, 0.29) is 6.04 Å². The fourth-order valence-corrected chi connectivity index (χ4v) is 3.20. The first-order valence-corrected chi connectivity index (χ1v) is 10.3. The molecule has 0 radical (unpaired) electrons. The first-order chi connectivity index (χ1) is 12.3. The first-order valence-electron chi connectivity index (χ1n) is 8.39. The first kappa shape index (κ1) is 18.1. The van der Waals surface area contributed by atoms with Crippen molar-refractivity contribution >= 4 is 32.5 Å². The summed E-state index contributed by atoms with van der Waals surface area (Å²) in [5, 5.41) is 7.51. The average Bonchev–Trinajstić information content (AvgIpc) is 2.58. The molecule has 136 valence electrons. The van der Waals surface area contributed by atoms with E-state index in [1.54, 1.807) is 24.3 Å². The van der Waals surface area contributed by atoms with Crippen molar-refractivity contribution in [2.75, 3.05) is 16.9 Å². The van der Waals surface area contributed by atoms with Crippen molar-refractivity contribution < 1.29 is 8.42 Å². The molecular formula is C19H22N4O2S. The Balaban J connectivity index is 1.85. The third-order valence-corrected chi connectivity index (χ3v) is 4.96. The van der Waals surface area contributed by atoms with Gasteiger partial charge in [0.05, 0.1) is 10.4 Å². The molecule has 7 heteroatoms. The van der Waals surface area contributed by atoms with Gasteiger partial charge in [-0.1, -0.05) is 24.3 Å². The molecule has 2 N–H and O–H groups in total. The predicted molar refractivity (Wildman–Crippen MR) is 105 cm³/mol. The summed E-state index contributed by atoms with van der Waals surface area (Å²) < 4.78 is 23.1. The second kappa shape index (κ2) is 7.29. The highest BCUT2D eigenvalue weighted by molar-refractivity contribution is 7.90. The zero-order valence-corrected chi connectivity index (χ0v) is 15.8. The van der Waals surface area contributed by atoms with Gasteiger partial charge in [-0.3, -0.25) is 0 Å². The Kier molecular flexibility index (Phi) is 5.08. The summed E-state index contributed by atoms with van der Waals surface area (Å²) in [4.78, 5) is 9.44. The molecule has 3 aromatic rings. The summed E-state index contributed by atoms with van der Waals surface area (Å²) in [6.07, 6.45) is 1.20. The Hall–Kier alpha value is -2.67. The van der Waals surface area contributed by atoms with E-state index in [0.717, 1.165) is 22.3 Å². The van der Waals surface area contributed by atoms with Crippen molar-refractivity contribution in [1.82, 2.24) is 9.97 Å². The standard InChI is InChI=1S/C19H22N4O2S/c1-13(2)21-19-22-17-7-5-4-6-16(17)18(23-19)20-12-14-8-10-15(11-9-14)26(3,24)25/h4-11,13H,12H2,1-3H3,(H2,20,21,22,23). The normalized spacial score (nSPS) is 11.7. The fourth-order valence-electron chi connectivity index (χ4n) is 2.57. The molecular weight excluding hydrogens is 348 g/mol. The lowest BCUT2D eigenvalue weighted by Gasteiger charge is -2.13. The van der Waals surface area contributed by atoms with E-state index in [9.17, 15) is 8.42 Å². The zero-order chi connectivity index (χ0) is 18.7. The number of rotatable bonds is 6. The summed E-state index contributed by atoms with van der Waals surface area (Å²) in [6, 6.07) is 14.9. The Labute approximate surface area is 153 Å². The molecule has 1 aromatic heterocycles. The topological polar surface area (TPSA) is 84.0 Å². The number of benzene rings is 2. The number of para-hydroxylation sites is 1. The van der Waals surface area contributed by atoms with E-state index in [4.69, 9.17) is 0 Å². The molecule has 0 aliphatic rings. The van der Waals surface area contributed by atoms with Gasteiger partial charge in [-0.15, -0.1) is 0 Å². The van der Waals surface area contributed by atoms with Crippen LogP contribution in [0.3, 0.4) is 0 Å². The molecule has 26 heavy (non-hydrogen) atoms. The number of hydrogen-bond donors (Lipinski definition) is 2. The van der Waals surface area contributed by atoms with Gasteiger partial charge < -0.3 is 10.6 Å². The van der Waals surface area contributed by atoms with E-state index in [2.05, 4.69) is 20.6 Å². The molecule has 3 rings (SSSR count). The minimum Gasteiger partial charge on any atom is -0.365 e. The predicted octanol–water partition coefficient (Wildman–Crippen LogP) is 3.47. The number of aromatic nitrogens is 2. The van der Waals surface area contributed by atoms with E-state index >= 15 is 0 Å². The van der Waals surface area contributed by atoms with Crippen LogP contribution in [0.4, 0.5) is 11.8 Å². The molecule has 0 aliphatic carbocycles. The van der Waals surface area contributed by atoms with Crippen molar-refractivity contribution in [3.63, 3.8) is 0 Å². The number of hydrogen-bond acceptors (Lipinski definition) is 6. The lowest BCUT2D eigenvalue weighted by molar-refractivity contribution is 0.602. The summed E-state index contributed by atoms with van der Waals surface area (Å²) in [5.74, 6) is 1.32. The molecule has 0 unspecified atom stereocenters. The fraction of sp³-hybridized carbons (Fsp3) is 0.263. The maximum absolute atomic E-state index is 11.6. The van der Waals surface area contributed by atoms with Gasteiger partial charge in [0, 0.05) is 24.2 Å². The Bertz CT molecular complexity index is 1020. The second-order valence-electron chi connectivity index (χ2n) is 6.48. The minimum absolute atomic E-state index is 0.229. The van der Waals surface area contributed by atoms with E-state index in [1.807, 2.05) is 38.1 Å². The molecule has 2 aromatic carbocycles. The van der Waals surface area contributed by atoms with Crippen LogP contribution in [0.5, 0.6) is 0 Å². The van der Waals surface area contributed by atoms with Crippen molar-refractivity contribution in [3.8, 4) is 0 Å². The highest BCUT2D eigenvalue weighted by atomic mass is 32.2. The van der Waals surface area contributed by atoms with Crippen molar-refractivity contribution in [1.29, 1.82) is 0 Å². The monoisotopic (exact) mass is 370 g/mol. The molecule has 0 spiro atoms. The van der Waals surface area contributed by atoms with Crippen LogP contribution in [0, 0.1) is 0 Å². The van der Waals surface area contributed by atoms with E-state index in [0.29, 0.717) is 17.4 Å². The van der Waals surface area contributed by atoms with Crippen LogP contribution in [0.25, 0.3) is 10.9 Å². The SMILES string of the molecule is CC(C)Nc1nc(NCc2ccc(S(C)(=O)=O)cc2)c2ccccc2n1. The number of sulfone groups is 1. The molecule has 0 saturated heterocycles. The van der Waals surface area contributed by atoms with Gasteiger partial charge in [-0.25, -0.2) is 13.4 Å². The lowest BCUT2D eigenvalue weighted by atomic mass is 10.2. The van der Waals surface area contributed by atoms with E-state index < -0.39 is 9.84 Å². The highest BCUT2D eigenvalue weighted by Crippen LogP contribution is 2.23. The van der Waals surface area contributed by atoms with Gasteiger partial charge in [-0.2, -0.15) is 4.98 Å². The third-order valence-electron chi connectivity index (χ3n) is 3.83. The number of anilines is 2. The van der Waals surface area contributed by atoms with Gasteiger partial charge in [0.25, 0.3) is 0 Å². The average molecular weight is 370 g/mol. The van der Waals surface area contributed by atoms with Crippen LogP contribution >= 0.6 is 0 Å². The number of nitrogens with one attached hydrogen (secondary N) is 2. The van der Waals surface area contributed by atoms with Crippen molar-refractivity contribution in [3.05, 3.63) is 54.1 Å². The van der Waals surface area contributed by atoms with Crippen LogP contribution in [0.15, 0.2) is 53.4 Å². The summed E-state index contributed by atoms with van der Waals surface area (Å²) in [6.45, 7) is 4.61. The maximum Gasteiger partial charge on any atom is 0.225 e. The van der Waals surface area contributed by atoms with Crippen LogP contribution < -0.4 is 10.6 Å². The Morgan fingerprint density at radius 3 is 2.35 bits per heavy atom. The molecule has 0 fully saturated rings. The minimum atomic E-state index is -3.18. The quantitative estimate of drug-likeness (QED) is 0.691. The van der Waals surface area contributed by atoms with Crippen LogP contribution in [-0.4, -0.2) is 30.7 Å². The summed E-state index contributed by atoms with van der Waals surface area (Å²) in [5.41, 5.74) is 1.83. The van der Waals surface area contributed by atoms with Crippen LogP contribution in [0.2, 0.25) is 0 Å². The molecule has 0 saturated carbocycles. The van der Waals surface area contributed by atoms with Crippen molar-refractivity contribution in [2.45, 2.75) is 31.3 Å². The smallest absolute Gasteiger partial charge is 0.225 e. The highest BCUT2D eigenvalue weighted by Gasteiger charge is 2.09. The lowest BCUT2D eigenvalue weighted by Crippen LogP contribution is -2.14. The van der Waals surface area contributed by atoms with Gasteiger partial charge in [0.2, 0.25) is 5.95 Å². The van der Waals surface area contributed by atoms with Gasteiger partial charge in [-0.05, 0) is 43.7 Å². The molecule has 1 heterocycles. The van der Waals surface area contributed by atoms with Gasteiger partial charge in [0.1, 0.15) is 5.82 Å². The van der Waals surface area contributed by atoms with Crippen LogP contribution in [-0.2, 0) is 16.4 Å². The molecule has 6 nitrogen and oxygen atoms in total. The molecule has 0 atom stereocenters. The van der Waals surface area contributed by atoms with E-state index in [1.165, 1.54) is 6.26 Å². The number of fused-ring (bicyclic) bond motifs is 1. The number of nitrogens with zero attached hydrogens (tertiary/aromatic N) is 2. The largest absolute Gasteiger partial charge is 0.365 e. The van der Waals surface area contributed by atoms with Crippen LogP contribution in [0.1, 0.15) is 19.4 Å². The Morgan fingerprint density at radius 1 is 1.00 bits per heavy atom. The molecule has 0 amide bonds. The third kappa shape index (κ3) is 4.29. The van der Waals surface area contributed by atoms with Crippen molar-refractivity contribution in [2.24, 2.45) is 0 Å². The zero-order valence-electron chi connectivity index (χ0n) is 15.0. The maximum atomic E-state index is 11.6. The Morgan fingerprint density at radius 2 is 1.69 bits per heavy atom. The van der Waals surface area contributed by atoms with Gasteiger partial charge >= 0.3 is 0 Å². The summed E-state index contributed by atoms with van der Waals surface area (Å²) >= 11 is 0. The second-order valence-corrected chi connectivity index (χ2v) is 8.50. The van der Waals surface area contributed by atoms with Gasteiger partial charge in [0.15, 0.2) is 9.84 Å². The molecule has 0 bridgehead atoms.